The van der Waals surface area contributed by atoms with Crippen LogP contribution in [0, 0.1) is 52.8 Å². The first-order valence-corrected chi connectivity index (χ1v) is 14.3. The van der Waals surface area contributed by atoms with Crippen LogP contribution in [0.4, 0.5) is 0 Å². The van der Waals surface area contributed by atoms with E-state index in [0.29, 0.717) is 5.41 Å². The Labute approximate surface area is 197 Å². The van der Waals surface area contributed by atoms with Gasteiger partial charge >= 0.3 is 0 Å². The summed E-state index contributed by atoms with van der Waals surface area (Å²) in [5.41, 5.74) is 2.84. The topological polar surface area (TPSA) is 24.7 Å². The van der Waals surface area contributed by atoms with Crippen molar-refractivity contribution in [2.24, 2.45) is 63.0 Å². The molecule has 9 atom stereocenters. The monoisotopic (exact) mass is 436 g/mol. The number of hydrogen-bond acceptors (Lipinski definition) is 2. The molecule has 0 radical (unpaired) electrons. The van der Waals surface area contributed by atoms with Crippen molar-refractivity contribution in [3.8, 4) is 0 Å². The van der Waals surface area contributed by atoms with E-state index in [1.807, 2.05) is 6.92 Å². The summed E-state index contributed by atoms with van der Waals surface area (Å²) in [7, 11) is 0. The second-order valence-electron chi connectivity index (χ2n) is 12.8. The molecule has 32 heavy (non-hydrogen) atoms. The van der Waals surface area contributed by atoms with Gasteiger partial charge in [-0.15, -0.1) is 0 Å². The molecular weight excluding hydrogens is 388 g/mol. The molecule has 5 aliphatic rings. The maximum atomic E-state index is 4.43. The van der Waals surface area contributed by atoms with Crippen LogP contribution in [0.3, 0.4) is 0 Å². The van der Waals surface area contributed by atoms with E-state index in [1.54, 1.807) is 38.5 Å². The van der Waals surface area contributed by atoms with Crippen molar-refractivity contribution in [3.05, 3.63) is 23.5 Å². The van der Waals surface area contributed by atoms with Gasteiger partial charge in [0.25, 0.3) is 0 Å². The highest BCUT2D eigenvalue weighted by Gasteiger charge is 2.57. The summed E-state index contributed by atoms with van der Waals surface area (Å²) >= 11 is 0. The van der Waals surface area contributed by atoms with Gasteiger partial charge in [-0.05, 0) is 117 Å². The number of allylic oxidation sites excluding steroid dienone is 3. The molecule has 4 fully saturated rings. The normalized spacial score (nSPS) is 45.7. The van der Waals surface area contributed by atoms with E-state index >= 15 is 0 Å². The van der Waals surface area contributed by atoms with Crippen LogP contribution in [-0.4, -0.2) is 0 Å². The summed E-state index contributed by atoms with van der Waals surface area (Å²) in [4.78, 5) is 0. The summed E-state index contributed by atoms with van der Waals surface area (Å²) in [6, 6.07) is 0. The highest BCUT2D eigenvalue weighted by molar-refractivity contribution is 5.14. The van der Waals surface area contributed by atoms with E-state index in [0.717, 1.165) is 59.5 Å². The quantitative estimate of drug-likeness (QED) is 0.410. The molecule has 0 aromatic heterocycles. The Morgan fingerprint density at radius 3 is 2.66 bits per heavy atom. The second-order valence-corrected chi connectivity index (χ2v) is 12.8. The summed E-state index contributed by atoms with van der Waals surface area (Å²) in [5.74, 6) is 8.03. The van der Waals surface area contributed by atoms with Gasteiger partial charge in [-0.25, -0.2) is 0 Å². The Kier molecular flexibility index (Phi) is 6.70. The molecule has 0 N–H and O–H groups in total. The Bertz CT molecular complexity index is 763. The van der Waals surface area contributed by atoms with Crippen LogP contribution in [-0.2, 0) is 0 Å². The Morgan fingerprint density at radius 2 is 1.88 bits per heavy atom. The van der Waals surface area contributed by atoms with Crippen LogP contribution in [0.1, 0.15) is 111 Å². The van der Waals surface area contributed by atoms with Crippen LogP contribution < -0.4 is 0 Å². The summed E-state index contributed by atoms with van der Waals surface area (Å²) in [5, 5.41) is 8.71. The van der Waals surface area contributed by atoms with Gasteiger partial charge in [0.15, 0.2) is 0 Å². The van der Waals surface area contributed by atoms with E-state index < -0.39 is 0 Å². The zero-order valence-corrected chi connectivity index (χ0v) is 21.4. The summed E-state index contributed by atoms with van der Waals surface area (Å²) in [6.45, 7) is 9.68. The Morgan fingerprint density at radius 1 is 1.03 bits per heavy atom. The zero-order valence-electron chi connectivity index (χ0n) is 21.4. The predicted molar refractivity (Wildman–Crippen MR) is 134 cm³/mol. The second kappa shape index (κ2) is 9.38. The molecule has 178 valence electrons. The minimum absolute atomic E-state index is 0.593. The van der Waals surface area contributed by atoms with Gasteiger partial charge in [0.2, 0.25) is 0 Å². The van der Waals surface area contributed by atoms with E-state index in [4.69, 9.17) is 0 Å². The van der Waals surface area contributed by atoms with Crippen molar-refractivity contribution in [3.63, 3.8) is 0 Å². The SMILES string of the molecule is CCC[C@H]1CC[C@H]2[C@@H](CC[C@@H]3[C@@H]2CC[C@]2(C)[C@@H]([C@H](C)C/C=C4/CC=C(C)N=N4)CC[C@@H]32)C1. The fourth-order valence-electron chi connectivity index (χ4n) is 9.68. The molecule has 0 saturated heterocycles. The van der Waals surface area contributed by atoms with Crippen molar-refractivity contribution < 1.29 is 0 Å². The third-order valence-corrected chi connectivity index (χ3v) is 11.2. The average molecular weight is 437 g/mol. The van der Waals surface area contributed by atoms with E-state index in [9.17, 15) is 0 Å². The largest absolute Gasteiger partial charge is 0.156 e. The lowest BCUT2D eigenvalue weighted by atomic mass is 9.48. The molecule has 5 rings (SSSR count). The molecule has 2 heteroatoms. The molecule has 4 saturated carbocycles. The Hall–Kier alpha value is -0.920. The molecule has 0 unspecified atom stereocenters. The minimum Gasteiger partial charge on any atom is -0.156 e. The van der Waals surface area contributed by atoms with Gasteiger partial charge < -0.3 is 0 Å². The maximum absolute atomic E-state index is 4.43. The van der Waals surface area contributed by atoms with Gasteiger partial charge in [-0.3, -0.25) is 0 Å². The smallest absolute Gasteiger partial charge is 0.0629 e. The molecule has 2 nitrogen and oxygen atoms in total. The predicted octanol–water partition coefficient (Wildman–Crippen LogP) is 9.34. The highest BCUT2D eigenvalue weighted by atomic mass is 15.1. The van der Waals surface area contributed by atoms with Crippen LogP contribution in [0.25, 0.3) is 0 Å². The third-order valence-electron chi connectivity index (χ3n) is 11.2. The Balaban J connectivity index is 1.23. The van der Waals surface area contributed by atoms with Crippen LogP contribution >= 0.6 is 0 Å². The van der Waals surface area contributed by atoms with Crippen molar-refractivity contribution in [1.82, 2.24) is 0 Å². The standard InChI is InChI=1S/C30H48N2/c1-5-6-22-9-13-25-23(19-22)10-14-27-26(25)17-18-30(4)28(15-16-29(27)30)20(2)7-11-24-12-8-21(3)31-32-24/h8,11,20,22-23,25-29H,5-7,9-10,12-19H2,1-4H3/b24-11-/t20-,22+,23+,25+,26-,27-,28-,29+,30-/m1/s1. The zero-order chi connectivity index (χ0) is 22.3. The first kappa shape index (κ1) is 22.9. The maximum Gasteiger partial charge on any atom is 0.0629 e. The fourth-order valence-corrected chi connectivity index (χ4v) is 9.68. The fraction of sp³-hybridized carbons (Fsp3) is 0.867. The minimum atomic E-state index is 0.593. The van der Waals surface area contributed by atoms with Crippen molar-refractivity contribution >= 4 is 0 Å². The van der Waals surface area contributed by atoms with Crippen LogP contribution in [0.5, 0.6) is 0 Å². The molecule has 0 aromatic carbocycles. The van der Waals surface area contributed by atoms with Crippen LogP contribution in [0.15, 0.2) is 33.8 Å². The molecule has 0 spiro atoms. The number of rotatable bonds is 5. The lowest BCUT2D eigenvalue weighted by molar-refractivity contribution is -0.0739. The van der Waals surface area contributed by atoms with Crippen molar-refractivity contribution in [1.29, 1.82) is 0 Å². The molecule has 4 aliphatic carbocycles. The van der Waals surface area contributed by atoms with E-state index in [2.05, 4.69) is 43.2 Å². The average Bonchev–Trinajstić information content (AvgIpc) is 3.16. The van der Waals surface area contributed by atoms with E-state index in [1.165, 1.54) is 44.2 Å². The van der Waals surface area contributed by atoms with Gasteiger partial charge in [0, 0.05) is 6.42 Å². The molecular formula is C30H48N2. The summed E-state index contributed by atoms with van der Waals surface area (Å²) in [6.07, 6.45) is 23.5. The van der Waals surface area contributed by atoms with E-state index in [-0.39, 0.29) is 0 Å². The van der Waals surface area contributed by atoms with Gasteiger partial charge in [0.05, 0.1) is 11.4 Å². The first-order chi connectivity index (χ1) is 15.5. The molecule has 1 aliphatic heterocycles. The number of fused-ring (bicyclic) bond motifs is 5. The third kappa shape index (κ3) is 4.18. The van der Waals surface area contributed by atoms with Gasteiger partial charge in [-0.2, -0.15) is 10.2 Å². The number of nitrogens with zero attached hydrogens (tertiary/aromatic N) is 2. The number of azo groups is 1. The number of hydrogen-bond donors (Lipinski definition) is 0. The van der Waals surface area contributed by atoms with Crippen LogP contribution in [0.2, 0.25) is 0 Å². The molecule has 1 heterocycles. The molecule has 0 aromatic rings. The molecule has 0 bridgehead atoms. The summed E-state index contributed by atoms with van der Waals surface area (Å²) < 4.78 is 0. The van der Waals surface area contributed by atoms with Gasteiger partial charge in [0.1, 0.15) is 0 Å². The highest BCUT2D eigenvalue weighted by Crippen LogP contribution is 2.65. The lowest BCUT2D eigenvalue weighted by Gasteiger charge is -2.57. The van der Waals surface area contributed by atoms with Crippen molar-refractivity contribution in [2.75, 3.05) is 0 Å². The van der Waals surface area contributed by atoms with Crippen molar-refractivity contribution in [2.45, 2.75) is 111 Å². The van der Waals surface area contributed by atoms with Gasteiger partial charge in [-0.1, -0.05) is 52.2 Å². The molecule has 0 amide bonds. The lowest BCUT2D eigenvalue weighted by Crippen LogP contribution is -2.49. The first-order valence-electron chi connectivity index (χ1n) is 14.3.